The number of nitrogens with one attached hydrogen (secondary N) is 2. The van der Waals surface area contributed by atoms with Crippen molar-refractivity contribution >= 4 is 21.6 Å². The molecule has 0 aliphatic carbocycles. The molecule has 0 aliphatic heterocycles. The quantitative estimate of drug-likeness (QED) is 0.610. The molecule has 0 atom stereocenters. The van der Waals surface area contributed by atoms with Crippen molar-refractivity contribution in [3.63, 3.8) is 0 Å². The largest absolute Gasteiger partial charge is 0.352 e. The van der Waals surface area contributed by atoms with Gasteiger partial charge in [-0.2, -0.15) is 4.98 Å². The van der Waals surface area contributed by atoms with E-state index in [-0.39, 0.29) is 22.1 Å². The summed E-state index contributed by atoms with van der Waals surface area (Å²) in [5.41, 5.74) is 0.882. The van der Waals surface area contributed by atoms with Gasteiger partial charge in [-0.15, -0.1) is 0 Å². The molecule has 0 saturated heterocycles. The topological polar surface area (TPSA) is 114 Å². The van der Waals surface area contributed by atoms with Crippen LogP contribution in [0, 0.1) is 19.7 Å². The number of hydrogen-bond donors (Lipinski definition) is 2. The number of amides is 1. The maximum atomic E-state index is 13.4. The first-order valence-electron chi connectivity index (χ1n) is 8.71. The molecule has 0 radical (unpaired) electrons. The van der Waals surface area contributed by atoms with Crippen molar-refractivity contribution < 1.29 is 22.1 Å². The minimum atomic E-state index is -3.87. The normalized spacial score (nSPS) is 11.3. The number of carbonyl (C=O) groups excluding carboxylic acids is 1. The van der Waals surface area contributed by atoms with Crippen LogP contribution in [0.2, 0.25) is 0 Å². The fourth-order valence-corrected chi connectivity index (χ4v) is 3.66. The Hall–Kier alpha value is -3.27. The molecular weight excluding hydrogens is 399 g/mol. The highest BCUT2D eigenvalue weighted by Crippen LogP contribution is 2.19. The zero-order valence-electron chi connectivity index (χ0n) is 15.8. The summed E-state index contributed by atoms with van der Waals surface area (Å²) in [4.78, 5) is 16.2. The SMILES string of the molecule is Cc1noc(CCNC(=O)c2ccc(NS(=O)(=O)c3ccc(F)c(C)c3)cc2)n1. The summed E-state index contributed by atoms with van der Waals surface area (Å²) in [6.45, 7) is 3.51. The van der Waals surface area contributed by atoms with E-state index < -0.39 is 15.8 Å². The van der Waals surface area contributed by atoms with Gasteiger partial charge in [0.15, 0.2) is 5.82 Å². The predicted octanol–water partition coefficient (Wildman–Crippen LogP) is 2.60. The van der Waals surface area contributed by atoms with Crippen LogP contribution in [0.4, 0.5) is 10.1 Å². The van der Waals surface area contributed by atoms with Crippen LogP contribution in [0.25, 0.3) is 0 Å². The number of rotatable bonds is 7. The third-order valence-corrected chi connectivity index (χ3v) is 5.41. The van der Waals surface area contributed by atoms with E-state index in [1.165, 1.54) is 43.3 Å². The number of aromatic nitrogens is 2. The number of anilines is 1. The fourth-order valence-electron chi connectivity index (χ4n) is 2.51. The van der Waals surface area contributed by atoms with E-state index >= 15 is 0 Å². The second kappa shape index (κ2) is 8.39. The lowest BCUT2D eigenvalue weighted by Crippen LogP contribution is -2.25. The molecular formula is C19H19FN4O4S. The summed E-state index contributed by atoms with van der Waals surface area (Å²) < 4.78 is 45.6. The number of benzene rings is 2. The van der Waals surface area contributed by atoms with Crippen LogP contribution in [0.15, 0.2) is 51.9 Å². The Morgan fingerprint density at radius 2 is 1.86 bits per heavy atom. The van der Waals surface area contributed by atoms with E-state index in [0.29, 0.717) is 30.2 Å². The van der Waals surface area contributed by atoms with Crippen molar-refractivity contribution in [2.24, 2.45) is 0 Å². The van der Waals surface area contributed by atoms with Crippen LogP contribution < -0.4 is 10.0 Å². The van der Waals surface area contributed by atoms with E-state index in [1.807, 2.05) is 0 Å². The van der Waals surface area contributed by atoms with Gasteiger partial charge < -0.3 is 9.84 Å². The van der Waals surface area contributed by atoms with E-state index in [1.54, 1.807) is 6.92 Å². The van der Waals surface area contributed by atoms with Crippen LogP contribution in [0.1, 0.15) is 27.6 Å². The molecule has 3 aromatic rings. The van der Waals surface area contributed by atoms with E-state index in [4.69, 9.17) is 4.52 Å². The Kier molecular flexibility index (Phi) is 5.92. The monoisotopic (exact) mass is 418 g/mol. The lowest BCUT2D eigenvalue weighted by atomic mass is 10.2. The van der Waals surface area contributed by atoms with Gasteiger partial charge in [-0.3, -0.25) is 9.52 Å². The number of aryl methyl sites for hydroxylation is 2. The van der Waals surface area contributed by atoms with Gasteiger partial charge in [0.05, 0.1) is 4.90 Å². The molecule has 8 nitrogen and oxygen atoms in total. The Labute approximate surface area is 167 Å². The summed E-state index contributed by atoms with van der Waals surface area (Å²) in [5.74, 6) is 0.169. The third kappa shape index (κ3) is 5.17. The molecule has 29 heavy (non-hydrogen) atoms. The Balaban J connectivity index is 1.60. The Morgan fingerprint density at radius 3 is 2.48 bits per heavy atom. The molecule has 0 saturated carbocycles. The highest BCUT2D eigenvalue weighted by molar-refractivity contribution is 7.92. The van der Waals surface area contributed by atoms with Gasteiger partial charge >= 0.3 is 0 Å². The van der Waals surface area contributed by atoms with Crippen LogP contribution in [-0.2, 0) is 16.4 Å². The highest BCUT2D eigenvalue weighted by Gasteiger charge is 2.16. The van der Waals surface area contributed by atoms with Crippen LogP contribution in [-0.4, -0.2) is 31.0 Å². The average Bonchev–Trinajstić information content (AvgIpc) is 3.09. The molecule has 152 valence electrons. The molecule has 0 aliphatic rings. The average molecular weight is 418 g/mol. The summed E-state index contributed by atoms with van der Waals surface area (Å²) in [6, 6.07) is 9.50. The molecule has 0 fully saturated rings. The first kappa shape index (κ1) is 20.5. The molecule has 0 spiro atoms. The van der Waals surface area contributed by atoms with Crippen molar-refractivity contribution in [3.05, 3.63) is 71.1 Å². The van der Waals surface area contributed by atoms with Crippen molar-refractivity contribution in [2.45, 2.75) is 25.2 Å². The maximum absolute atomic E-state index is 13.4. The van der Waals surface area contributed by atoms with Crippen molar-refractivity contribution in [1.29, 1.82) is 0 Å². The van der Waals surface area contributed by atoms with Gasteiger partial charge in [0, 0.05) is 24.2 Å². The third-order valence-electron chi connectivity index (χ3n) is 4.03. The number of sulfonamides is 1. The second-order valence-corrected chi connectivity index (χ2v) is 8.02. The second-order valence-electron chi connectivity index (χ2n) is 6.34. The van der Waals surface area contributed by atoms with Gasteiger partial charge in [-0.25, -0.2) is 12.8 Å². The van der Waals surface area contributed by atoms with Crippen LogP contribution in [0.5, 0.6) is 0 Å². The number of nitrogens with zero attached hydrogens (tertiary/aromatic N) is 2. The zero-order valence-corrected chi connectivity index (χ0v) is 16.6. The Bertz CT molecular complexity index is 1130. The maximum Gasteiger partial charge on any atom is 0.261 e. The number of halogens is 1. The smallest absolute Gasteiger partial charge is 0.261 e. The summed E-state index contributed by atoms with van der Waals surface area (Å²) in [5, 5.41) is 6.39. The summed E-state index contributed by atoms with van der Waals surface area (Å²) >= 11 is 0. The van der Waals surface area contributed by atoms with E-state index in [0.717, 1.165) is 6.07 Å². The van der Waals surface area contributed by atoms with Gasteiger partial charge in [0.1, 0.15) is 5.82 Å². The lowest BCUT2D eigenvalue weighted by Gasteiger charge is -2.10. The first-order chi connectivity index (χ1) is 13.7. The Morgan fingerprint density at radius 1 is 1.14 bits per heavy atom. The molecule has 3 rings (SSSR count). The summed E-state index contributed by atoms with van der Waals surface area (Å²) in [7, 11) is -3.87. The first-order valence-corrected chi connectivity index (χ1v) is 10.2. The number of hydrogen-bond acceptors (Lipinski definition) is 6. The van der Waals surface area contributed by atoms with Crippen molar-refractivity contribution in [2.75, 3.05) is 11.3 Å². The standard InChI is InChI=1S/C19H19FN4O4S/c1-12-11-16(7-8-17(12)20)29(26,27)24-15-5-3-14(4-6-15)19(25)21-10-9-18-22-13(2)23-28-18/h3-8,11,24H,9-10H2,1-2H3,(H,21,25). The minimum absolute atomic E-state index is 0.0468. The van der Waals surface area contributed by atoms with Gasteiger partial charge in [0.2, 0.25) is 5.89 Å². The lowest BCUT2D eigenvalue weighted by molar-refractivity contribution is 0.0953. The molecule has 0 unspecified atom stereocenters. The number of carbonyl (C=O) groups is 1. The molecule has 0 bridgehead atoms. The molecule has 1 heterocycles. The molecule has 10 heteroatoms. The highest BCUT2D eigenvalue weighted by atomic mass is 32.2. The van der Waals surface area contributed by atoms with Gasteiger partial charge in [-0.05, 0) is 61.9 Å². The zero-order chi connectivity index (χ0) is 21.0. The van der Waals surface area contributed by atoms with Crippen LogP contribution >= 0.6 is 0 Å². The van der Waals surface area contributed by atoms with Crippen molar-refractivity contribution in [3.8, 4) is 0 Å². The molecule has 2 aromatic carbocycles. The summed E-state index contributed by atoms with van der Waals surface area (Å²) in [6.07, 6.45) is 0.404. The van der Waals surface area contributed by atoms with Gasteiger partial charge in [0.25, 0.3) is 15.9 Å². The molecule has 2 N–H and O–H groups in total. The molecule has 1 amide bonds. The van der Waals surface area contributed by atoms with E-state index in [2.05, 4.69) is 20.2 Å². The van der Waals surface area contributed by atoms with Crippen LogP contribution in [0.3, 0.4) is 0 Å². The van der Waals surface area contributed by atoms with Gasteiger partial charge in [-0.1, -0.05) is 5.16 Å². The van der Waals surface area contributed by atoms with E-state index in [9.17, 15) is 17.6 Å². The van der Waals surface area contributed by atoms with Crippen molar-refractivity contribution in [1.82, 2.24) is 15.5 Å². The minimum Gasteiger partial charge on any atom is -0.352 e. The predicted molar refractivity (Wildman–Crippen MR) is 103 cm³/mol. The molecule has 1 aromatic heterocycles. The fraction of sp³-hybridized carbons (Fsp3) is 0.211.